The van der Waals surface area contributed by atoms with E-state index in [1.807, 2.05) is 31.9 Å². The summed E-state index contributed by atoms with van der Waals surface area (Å²) in [7, 11) is 1.90. The Morgan fingerprint density at radius 2 is 2.21 bits per heavy atom. The number of aromatic nitrogens is 6. The van der Waals surface area contributed by atoms with Crippen molar-refractivity contribution in [1.29, 1.82) is 0 Å². The van der Waals surface area contributed by atoms with Crippen LogP contribution in [0.2, 0.25) is 0 Å². The zero-order valence-corrected chi connectivity index (χ0v) is 16.9. The van der Waals surface area contributed by atoms with E-state index in [1.54, 1.807) is 15.4 Å². The van der Waals surface area contributed by atoms with Crippen molar-refractivity contribution in [2.24, 2.45) is 7.05 Å². The maximum absolute atomic E-state index is 12.6. The van der Waals surface area contributed by atoms with Gasteiger partial charge in [-0.15, -0.1) is 0 Å². The Kier molecular flexibility index (Phi) is 4.34. The first kappa shape index (κ1) is 17.7. The number of anilines is 1. The van der Waals surface area contributed by atoms with E-state index in [9.17, 15) is 4.79 Å². The van der Waals surface area contributed by atoms with Crippen molar-refractivity contribution in [2.45, 2.75) is 44.5 Å². The fraction of sp³-hybridized carbons (Fsp3) is 0.526. The second-order valence-electron chi connectivity index (χ2n) is 7.53. The lowest BCUT2D eigenvalue weighted by atomic mass is 10.2. The van der Waals surface area contributed by atoms with Crippen LogP contribution >= 0.6 is 11.8 Å². The molecule has 3 aromatic heterocycles. The van der Waals surface area contributed by atoms with Gasteiger partial charge in [-0.3, -0.25) is 9.48 Å². The van der Waals surface area contributed by atoms with Crippen LogP contribution in [0.5, 0.6) is 0 Å². The fourth-order valence-electron chi connectivity index (χ4n) is 4.22. The summed E-state index contributed by atoms with van der Waals surface area (Å²) in [5.41, 5.74) is 3.02. The number of hydrogen-bond acceptors (Lipinski definition) is 7. The summed E-state index contributed by atoms with van der Waals surface area (Å²) in [5, 5.41) is 10.0. The zero-order chi connectivity index (χ0) is 19.3. The second kappa shape index (κ2) is 6.88. The van der Waals surface area contributed by atoms with Gasteiger partial charge in [0.05, 0.1) is 29.9 Å². The van der Waals surface area contributed by atoms with Gasteiger partial charge in [0.15, 0.2) is 5.65 Å². The van der Waals surface area contributed by atoms with Gasteiger partial charge in [0, 0.05) is 31.8 Å². The first-order valence-electron chi connectivity index (χ1n) is 9.71. The summed E-state index contributed by atoms with van der Waals surface area (Å²) in [5.74, 6) is 3.62. The lowest BCUT2D eigenvalue weighted by Crippen LogP contribution is -2.38. The molecule has 28 heavy (non-hydrogen) atoms. The van der Waals surface area contributed by atoms with Gasteiger partial charge in [0.1, 0.15) is 11.6 Å². The standard InChI is InChI=1S/C19H23N7OS/c1-12-21-18-15(9-20-24(18)2)19(22-12)25-6-3-4-14(25)10-26-17(27)8-13-11-28-7-5-16(13)23-26/h8-9,14H,3-7,10-11H2,1-2H3. The molecule has 2 aliphatic rings. The molecule has 146 valence electrons. The van der Waals surface area contributed by atoms with Crippen LogP contribution in [0.1, 0.15) is 29.9 Å². The highest BCUT2D eigenvalue weighted by molar-refractivity contribution is 7.98. The Labute approximate surface area is 167 Å². The van der Waals surface area contributed by atoms with Crippen LogP contribution in [0.25, 0.3) is 11.0 Å². The molecular weight excluding hydrogens is 374 g/mol. The third kappa shape index (κ3) is 2.97. The van der Waals surface area contributed by atoms with Crippen molar-refractivity contribution in [3.63, 3.8) is 0 Å². The van der Waals surface area contributed by atoms with Crippen LogP contribution in [0.15, 0.2) is 17.1 Å². The van der Waals surface area contributed by atoms with Crippen molar-refractivity contribution in [3.8, 4) is 0 Å². The first-order chi connectivity index (χ1) is 13.6. The van der Waals surface area contributed by atoms with E-state index in [2.05, 4.69) is 15.0 Å². The normalized spacial score (nSPS) is 19.4. The molecule has 0 radical (unpaired) electrons. The van der Waals surface area contributed by atoms with Gasteiger partial charge in [-0.05, 0) is 31.1 Å². The molecule has 1 fully saturated rings. The molecule has 0 N–H and O–H groups in total. The number of fused-ring (bicyclic) bond motifs is 2. The van der Waals surface area contributed by atoms with Gasteiger partial charge >= 0.3 is 0 Å². The largest absolute Gasteiger partial charge is 0.351 e. The van der Waals surface area contributed by atoms with Crippen molar-refractivity contribution >= 4 is 28.6 Å². The molecule has 0 spiro atoms. The fourth-order valence-corrected chi connectivity index (χ4v) is 5.17. The highest BCUT2D eigenvalue weighted by atomic mass is 32.2. The third-order valence-corrected chi connectivity index (χ3v) is 6.63. The second-order valence-corrected chi connectivity index (χ2v) is 8.63. The molecule has 8 nitrogen and oxygen atoms in total. The molecule has 0 aromatic carbocycles. The molecule has 2 aliphatic heterocycles. The van der Waals surface area contributed by atoms with Gasteiger partial charge < -0.3 is 4.90 Å². The van der Waals surface area contributed by atoms with Crippen molar-refractivity contribution in [2.75, 3.05) is 17.2 Å². The minimum atomic E-state index is -0.00140. The smallest absolute Gasteiger partial charge is 0.267 e. The van der Waals surface area contributed by atoms with Gasteiger partial charge in [0.25, 0.3) is 5.56 Å². The van der Waals surface area contributed by atoms with E-state index in [1.165, 1.54) is 0 Å². The Balaban J connectivity index is 1.50. The van der Waals surface area contributed by atoms with Gasteiger partial charge in [-0.25, -0.2) is 14.6 Å². The Bertz CT molecular complexity index is 1110. The van der Waals surface area contributed by atoms with Crippen LogP contribution in [0, 0.1) is 6.92 Å². The summed E-state index contributed by atoms with van der Waals surface area (Å²) in [6.45, 7) is 3.42. The Morgan fingerprint density at radius 1 is 1.32 bits per heavy atom. The van der Waals surface area contributed by atoms with E-state index >= 15 is 0 Å². The average molecular weight is 398 g/mol. The molecule has 0 amide bonds. The topological polar surface area (TPSA) is 81.7 Å². The Morgan fingerprint density at radius 3 is 3.11 bits per heavy atom. The zero-order valence-electron chi connectivity index (χ0n) is 16.1. The van der Waals surface area contributed by atoms with Gasteiger partial charge in [-0.2, -0.15) is 22.0 Å². The Hall–Kier alpha value is -2.42. The highest BCUT2D eigenvalue weighted by Gasteiger charge is 2.29. The van der Waals surface area contributed by atoms with Gasteiger partial charge in [-0.1, -0.05) is 0 Å². The van der Waals surface area contributed by atoms with E-state index in [4.69, 9.17) is 10.1 Å². The number of rotatable bonds is 3. The van der Waals surface area contributed by atoms with E-state index in [0.29, 0.717) is 6.54 Å². The number of hydrogen-bond donors (Lipinski definition) is 0. The number of aryl methyl sites for hydroxylation is 3. The maximum atomic E-state index is 12.6. The van der Waals surface area contributed by atoms with Crippen molar-refractivity contribution in [3.05, 3.63) is 39.7 Å². The summed E-state index contributed by atoms with van der Waals surface area (Å²) < 4.78 is 3.44. The third-order valence-electron chi connectivity index (χ3n) is 5.62. The molecule has 9 heteroatoms. The monoisotopic (exact) mass is 397 g/mol. The summed E-state index contributed by atoms with van der Waals surface area (Å²) in [6.07, 6.45) is 4.87. The van der Waals surface area contributed by atoms with Crippen molar-refractivity contribution in [1.82, 2.24) is 29.5 Å². The average Bonchev–Trinajstić information content (AvgIpc) is 3.29. The van der Waals surface area contributed by atoms with Gasteiger partial charge in [0.2, 0.25) is 0 Å². The van der Waals surface area contributed by atoms with Crippen LogP contribution in [0.3, 0.4) is 0 Å². The van der Waals surface area contributed by atoms with E-state index in [0.717, 1.165) is 71.2 Å². The summed E-state index contributed by atoms with van der Waals surface area (Å²) in [4.78, 5) is 24.2. The molecule has 1 unspecified atom stereocenters. The molecular formula is C19H23N7OS. The predicted octanol–water partition coefficient (Wildman–Crippen LogP) is 1.69. The molecule has 0 aliphatic carbocycles. The molecule has 1 saturated heterocycles. The van der Waals surface area contributed by atoms with Crippen LogP contribution in [-0.2, 0) is 25.8 Å². The SMILES string of the molecule is Cc1nc(N2CCCC2Cn2nc3c(cc2=O)CSCC3)c2cnn(C)c2n1. The maximum Gasteiger partial charge on any atom is 0.267 e. The lowest BCUT2D eigenvalue weighted by Gasteiger charge is -2.27. The van der Waals surface area contributed by atoms with Crippen LogP contribution < -0.4 is 10.5 Å². The van der Waals surface area contributed by atoms with E-state index in [-0.39, 0.29) is 11.6 Å². The van der Waals surface area contributed by atoms with Crippen LogP contribution in [-0.4, -0.2) is 47.9 Å². The molecule has 1 atom stereocenters. The lowest BCUT2D eigenvalue weighted by molar-refractivity contribution is 0.480. The number of nitrogens with zero attached hydrogens (tertiary/aromatic N) is 7. The first-order valence-corrected chi connectivity index (χ1v) is 10.9. The molecule has 0 saturated carbocycles. The molecule has 3 aromatic rings. The molecule has 5 heterocycles. The minimum Gasteiger partial charge on any atom is -0.351 e. The molecule has 5 rings (SSSR count). The predicted molar refractivity (Wildman–Crippen MR) is 110 cm³/mol. The summed E-state index contributed by atoms with van der Waals surface area (Å²) >= 11 is 1.87. The summed E-state index contributed by atoms with van der Waals surface area (Å²) in [6, 6.07) is 1.97. The number of thioether (sulfide) groups is 1. The van der Waals surface area contributed by atoms with Crippen molar-refractivity contribution < 1.29 is 0 Å². The van der Waals surface area contributed by atoms with E-state index < -0.39 is 0 Å². The van der Waals surface area contributed by atoms with Crippen LogP contribution in [0.4, 0.5) is 5.82 Å². The molecule has 0 bridgehead atoms. The highest BCUT2D eigenvalue weighted by Crippen LogP contribution is 2.30. The minimum absolute atomic E-state index is 0.00140. The quantitative estimate of drug-likeness (QED) is 0.665.